The normalized spacial score (nSPS) is 10.2. The van der Waals surface area contributed by atoms with E-state index < -0.39 is 0 Å². The molecule has 0 amide bonds. The number of hydrogen-bond acceptors (Lipinski definition) is 1. The number of methoxy groups -OCH3 is 1. The molecular weight excluding hydrogens is 196 g/mol. The lowest BCUT2D eigenvalue weighted by molar-refractivity contribution is 0.409. The Bertz CT molecular complexity index is 284. The Hall–Kier alpha value is -0.690. The van der Waals surface area contributed by atoms with Crippen LogP contribution in [0.1, 0.15) is 24.0 Å². The summed E-state index contributed by atoms with van der Waals surface area (Å²) in [5.41, 5.74) is 2.57. The molecule has 0 N–H and O–H groups in total. The summed E-state index contributed by atoms with van der Waals surface area (Å²) in [7, 11) is 1.72. The summed E-state index contributed by atoms with van der Waals surface area (Å²) >= 11 is 5.64. The van der Waals surface area contributed by atoms with Gasteiger partial charge in [-0.1, -0.05) is 17.7 Å². The SMILES string of the molecule is COc1ccc(C)cc1CCCCCl. The predicted octanol–water partition coefficient (Wildman–Crippen LogP) is 3.57. The molecule has 0 atom stereocenters. The Morgan fingerprint density at radius 1 is 1.29 bits per heavy atom. The molecule has 0 aliphatic rings. The second kappa shape index (κ2) is 5.92. The van der Waals surface area contributed by atoms with E-state index in [0.29, 0.717) is 0 Å². The summed E-state index contributed by atoms with van der Waals surface area (Å²) in [5.74, 6) is 1.74. The second-order valence-corrected chi connectivity index (χ2v) is 3.84. The van der Waals surface area contributed by atoms with Crippen molar-refractivity contribution < 1.29 is 4.74 Å². The van der Waals surface area contributed by atoms with Crippen molar-refractivity contribution in [2.75, 3.05) is 13.0 Å². The molecule has 1 nitrogen and oxygen atoms in total. The van der Waals surface area contributed by atoms with Crippen LogP contribution in [0.15, 0.2) is 18.2 Å². The minimum Gasteiger partial charge on any atom is -0.496 e. The summed E-state index contributed by atoms with van der Waals surface area (Å²) in [5, 5.41) is 0. The molecule has 1 aromatic carbocycles. The van der Waals surface area contributed by atoms with Crippen LogP contribution >= 0.6 is 11.6 Å². The number of hydrogen-bond donors (Lipinski definition) is 0. The third-order valence-electron chi connectivity index (χ3n) is 2.27. The maximum Gasteiger partial charge on any atom is 0.122 e. The number of unbranched alkanes of at least 4 members (excludes halogenated alkanes) is 1. The topological polar surface area (TPSA) is 9.23 Å². The maximum atomic E-state index is 5.64. The molecule has 14 heavy (non-hydrogen) atoms. The van der Waals surface area contributed by atoms with Crippen molar-refractivity contribution >= 4 is 11.6 Å². The van der Waals surface area contributed by atoms with Crippen molar-refractivity contribution in [2.45, 2.75) is 26.2 Å². The molecule has 0 heterocycles. The molecule has 0 aliphatic heterocycles. The lowest BCUT2D eigenvalue weighted by atomic mass is 10.0. The average Bonchev–Trinajstić information content (AvgIpc) is 2.19. The highest BCUT2D eigenvalue weighted by Gasteiger charge is 2.02. The van der Waals surface area contributed by atoms with Gasteiger partial charge in [0.1, 0.15) is 5.75 Å². The van der Waals surface area contributed by atoms with Gasteiger partial charge >= 0.3 is 0 Å². The first-order chi connectivity index (χ1) is 6.77. The van der Waals surface area contributed by atoms with Gasteiger partial charge in [-0.05, 0) is 37.8 Å². The van der Waals surface area contributed by atoms with Crippen LogP contribution in [0.25, 0.3) is 0 Å². The minimum atomic E-state index is 0.744. The molecule has 1 rings (SSSR count). The van der Waals surface area contributed by atoms with Crippen molar-refractivity contribution in [1.29, 1.82) is 0 Å². The molecule has 0 saturated carbocycles. The summed E-state index contributed by atoms with van der Waals surface area (Å²) < 4.78 is 5.30. The molecule has 0 saturated heterocycles. The van der Waals surface area contributed by atoms with Crippen LogP contribution < -0.4 is 4.74 Å². The van der Waals surface area contributed by atoms with E-state index in [2.05, 4.69) is 19.1 Å². The molecule has 0 aromatic heterocycles. The summed E-state index contributed by atoms with van der Waals surface area (Å²) in [6, 6.07) is 6.29. The van der Waals surface area contributed by atoms with Gasteiger partial charge in [0.15, 0.2) is 0 Å². The molecular formula is C12H17ClO. The monoisotopic (exact) mass is 212 g/mol. The zero-order valence-corrected chi connectivity index (χ0v) is 9.60. The minimum absolute atomic E-state index is 0.744. The van der Waals surface area contributed by atoms with E-state index >= 15 is 0 Å². The Kier molecular flexibility index (Phi) is 4.81. The van der Waals surface area contributed by atoms with Crippen molar-refractivity contribution in [3.8, 4) is 5.75 Å². The molecule has 0 spiro atoms. The highest BCUT2D eigenvalue weighted by Crippen LogP contribution is 2.21. The summed E-state index contributed by atoms with van der Waals surface area (Å²) in [6.45, 7) is 2.10. The van der Waals surface area contributed by atoms with Crippen LogP contribution in [-0.4, -0.2) is 13.0 Å². The number of alkyl halides is 1. The van der Waals surface area contributed by atoms with Gasteiger partial charge in [-0.2, -0.15) is 0 Å². The fourth-order valence-corrected chi connectivity index (χ4v) is 1.70. The number of rotatable bonds is 5. The first-order valence-corrected chi connectivity index (χ1v) is 5.51. The van der Waals surface area contributed by atoms with E-state index in [9.17, 15) is 0 Å². The number of ether oxygens (including phenoxy) is 1. The predicted molar refractivity (Wildman–Crippen MR) is 61.4 cm³/mol. The zero-order chi connectivity index (χ0) is 10.4. The molecule has 2 heteroatoms. The van der Waals surface area contributed by atoms with Gasteiger partial charge in [0.05, 0.1) is 7.11 Å². The van der Waals surface area contributed by atoms with Crippen LogP contribution in [0.3, 0.4) is 0 Å². The number of halogens is 1. The molecule has 1 aromatic rings. The molecule has 78 valence electrons. The summed E-state index contributed by atoms with van der Waals surface area (Å²) in [4.78, 5) is 0. The Morgan fingerprint density at radius 2 is 2.07 bits per heavy atom. The van der Waals surface area contributed by atoms with Gasteiger partial charge in [0, 0.05) is 5.88 Å². The zero-order valence-electron chi connectivity index (χ0n) is 8.85. The first-order valence-electron chi connectivity index (χ1n) is 4.97. The lowest BCUT2D eigenvalue weighted by Crippen LogP contribution is -1.93. The standard InChI is InChI=1S/C12H17ClO/c1-10-6-7-12(14-2)11(9-10)5-3-4-8-13/h6-7,9H,3-5,8H2,1-2H3. The lowest BCUT2D eigenvalue weighted by Gasteiger charge is -2.08. The smallest absolute Gasteiger partial charge is 0.122 e. The van der Waals surface area contributed by atoms with Crippen molar-refractivity contribution in [3.63, 3.8) is 0 Å². The molecule has 0 bridgehead atoms. The van der Waals surface area contributed by atoms with Crippen LogP contribution in [-0.2, 0) is 6.42 Å². The van der Waals surface area contributed by atoms with E-state index in [4.69, 9.17) is 16.3 Å². The Labute approximate surface area is 91.0 Å². The third kappa shape index (κ3) is 3.22. The van der Waals surface area contributed by atoms with Crippen molar-refractivity contribution in [2.24, 2.45) is 0 Å². The van der Waals surface area contributed by atoms with Gasteiger partial charge in [0.2, 0.25) is 0 Å². The van der Waals surface area contributed by atoms with Crippen molar-refractivity contribution in [3.05, 3.63) is 29.3 Å². The van der Waals surface area contributed by atoms with E-state index in [0.717, 1.165) is 30.9 Å². The number of aryl methyl sites for hydroxylation is 2. The van der Waals surface area contributed by atoms with Crippen LogP contribution in [0.5, 0.6) is 5.75 Å². The molecule has 0 aliphatic carbocycles. The molecule has 0 unspecified atom stereocenters. The fraction of sp³-hybridized carbons (Fsp3) is 0.500. The summed E-state index contributed by atoms with van der Waals surface area (Å²) in [6.07, 6.45) is 3.25. The van der Waals surface area contributed by atoms with Gasteiger partial charge in [-0.3, -0.25) is 0 Å². The first kappa shape index (κ1) is 11.4. The van der Waals surface area contributed by atoms with Gasteiger partial charge in [0.25, 0.3) is 0 Å². The van der Waals surface area contributed by atoms with E-state index in [1.165, 1.54) is 11.1 Å². The highest BCUT2D eigenvalue weighted by atomic mass is 35.5. The van der Waals surface area contributed by atoms with E-state index in [-0.39, 0.29) is 0 Å². The van der Waals surface area contributed by atoms with Gasteiger partial charge in [-0.15, -0.1) is 11.6 Å². The molecule has 0 radical (unpaired) electrons. The van der Waals surface area contributed by atoms with E-state index in [1.54, 1.807) is 7.11 Å². The van der Waals surface area contributed by atoms with Crippen LogP contribution in [0.4, 0.5) is 0 Å². The average molecular weight is 213 g/mol. The highest BCUT2D eigenvalue weighted by molar-refractivity contribution is 6.17. The maximum absolute atomic E-state index is 5.64. The fourth-order valence-electron chi connectivity index (χ4n) is 1.51. The van der Waals surface area contributed by atoms with Gasteiger partial charge in [-0.25, -0.2) is 0 Å². The van der Waals surface area contributed by atoms with E-state index in [1.807, 2.05) is 6.07 Å². The second-order valence-electron chi connectivity index (χ2n) is 3.46. The molecule has 0 fully saturated rings. The van der Waals surface area contributed by atoms with Crippen LogP contribution in [0, 0.1) is 6.92 Å². The third-order valence-corrected chi connectivity index (χ3v) is 2.53. The van der Waals surface area contributed by atoms with Gasteiger partial charge < -0.3 is 4.74 Å². The van der Waals surface area contributed by atoms with Crippen LogP contribution in [0.2, 0.25) is 0 Å². The van der Waals surface area contributed by atoms with Crippen molar-refractivity contribution in [1.82, 2.24) is 0 Å². The largest absolute Gasteiger partial charge is 0.496 e. The Morgan fingerprint density at radius 3 is 2.71 bits per heavy atom. The quantitative estimate of drug-likeness (QED) is 0.536. The Balaban J connectivity index is 2.67. The number of benzene rings is 1.